The van der Waals surface area contributed by atoms with Crippen LogP contribution in [0.3, 0.4) is 0 Å². The summed E-state index contributed by atoms with van der Waals surface area (Å²) in [6, 6.07) is 0.496. The lowest BCUT2D eigenvalue weighted by atomic mass is 10.2. The van der Waals surface area contributed by atoms with Crippen LogP contribution in [0.25, 0.3) is 0 Å². The van der Waals surface area contributed by atoms with Gasteiger partial charge < -0.3 is 5.32 Å². The largest absolute Gasteiger partial charge is 0.353 e. The zero-order valence-electron chi connectivity index (χ0n) is 11.4. The van der Waals surface area contributed by atoms with Crippen LogP contribution in [0, 0.1) is 0 Å². The molecule has 2 heteroatoms. The zero-order valence-corrected chi connectivity index (χ0v) is 11.4. The van der Waals surface area contributed by atoms with Gasteiger partial charge in [-0.25, -0.2) is 0 Å². The second-order valence-electron chi connectivity index (χ2n) is 4.72. The van der Waals surface area contributed by atoms with Gasteiger partial charge in [0.15, 0.2) is 0 Å². The smallest absolute Gasteiger partial charge is 0.220 e. The summed E-state index contributed by atoms with van der Waals surface area (Å²) in [5, 5.41) is 3.00. The number of carbonyl (C=O) groups is 1. The van der Waals surface area contributed by atoms with Gasteiger partial charge in [0.1, 0.15) is 0 Å². The van der Waals surface area contributed by atoms with E-state index in [1.54, 1.807) is 0 Å². The first-order valence-electron chi connectivity index (χ1n) is 7.03. The topological polar surface area (TPSA) is 29.1 Å². The molecule has 1 aliphatic carbocycles. The lowest BCUT2D eigenvalue weighted by molar-refractivity contribution is -0.121. The molecule has 18 heavy (non-hydrogen) atoms. The molecule has 0 radical (unpaired) electrons. The van der Waals surface area contributed by atoms with Crippen molar-refractivity contribution < 1.29 is 4.79 Å². The van der Waals surface area contributed by atoms with Crippen molar-refractivity contribution in [3.63, 3.8) is 0 Å². The lowest BCUT2D eigenvalue weighted by Gasteiger charge is -2.00. The SMILES string of the molecule is C/C=C\C/C=C\C/C=C\CCCC(=O)NC1CC1. The molecule has 100 valence electrons. The fraction of sp³-hybridized carbons (Fsp3) is 0.562. The van der Waals surface area contributed by atoms with Crippen molar-refractivity contribution >= 4 is 5.91 Å². The van der Waals surface area contributed by atoms with E-state index in [2.05, 4.69) is 41.8 Å². The van der Waals surface area contributed by atoms with E-state index in [1.165, 1.54) is 12.8 Å². The van der Waals surface area contributed by atoms with Crippen molar-refractivity contribution in [2.45, 2.75) is 57.9 Å². The molecule has 0 aromatic heterocycles. The second kappa shape index (κ2) is 9.69. The van der Waals surface area contributed by atoms with Gasteiger partial charge in [0.25, 0.3) is 0 Å². The first kappa shape index (κ1) is 14.7. The van der Waals surface area contributed by atoms with Gasteiger partial charge in [0.2, 0.25) is 5.91 Å². The molecule has 0 spiro atoms. The van der Waals surface area contributed by atoms with Gasteiger partial charge in [0.05, 0.1) is 0 Å². The van der Waals surface area contributed by atoms with Crippen molar-refractivity contribution in [2.75, 3.05) is 0 Å². The Balaban J connectivity index is 1.89. The van der Waals surface area contributed by atoms with Crippen LogP contribution in [0.15, 0.2) is 36.5 Å². The number of rotatable bonds is 9. The van der Waals surface area contributed by atoms with Crippen LogP contribution in [0.4, 0.5) is 0 Å². The monoisotopic (exact) mass is 247 g/mol. The van der Waals surface area contributed by atoms with Crippen molar-refractivity contribution in [2.24, 2.45) is 0 Å². The normalized spacial score (nSPS) is 16.1. The highest BCUT2D eigenvalue weighted by Crippen LogP contribution is 2.18. The van der Waals surface area contributed by atoms with Crippen LogP contribution in [-0.4, -0.2) is 11.9 Å². The van der Waals surface area contributed by atoms with Crippen molar-refractivity contribution in [3.05, 3.63) is 36.5 Å². The van der Waals surface area contributed by atoms with E-state index in [9.17, 15) is 4.79 Å². The van der Waals surface area contributed by atoms with Crippen molar-refractivity contribution in [3.8, 4) is 0 Å². The molecular weight excluding hydrogens is 222 g/mol. The Bertz CT molecular complexity index is 311. The maximum Gasteiger partial charge on any atom is 0.220 e. The average molecular weight is 247 g/mol. The minimum atomic E-state index is 0.220. The summed E-state index contributed by atoms with van der Waals surface area (Å²) in [7, 11) is 0. The summed E-state index contributed by atoms with van der Waals surface area (Å²) in [6.45, 7) is 2.03. The molecular formula is C16H25NO. The number of allylic oxidation sites excluding steroid dienone is 6. The zero-order chi connectivity index (χ0) is 13.1. The molecule has 1 amide bonds. The molecule has 1 rings (SSSR count). The predicted octanol–water partition coefficient (Wildman–Crippen LogP) is 3.90. The van der Waals surface area contributed by atoms with Crippen molar-refractivity contribution in [1.82, 2.24) is 5.32 Å². The Labute approximate surface area is 111 Å². The maximum atomic E-state index is 11.4. The fourth-order valence-corrected chi connectivity index (χ4v) is 1.61. The van der Waals surface area contributed by atoms with E-state index in [1.807, 2.05) is 6.92 Å². The quantitative estimate of drug-likeness (QED) is 0.486. The second-order valence-corrected chi connectivity index (χ2v) is 4.72. The molecule has 0 atom stereocenters. The summed E-state index contributed by atoms with van der Waals surface area (Å²) in [4.78, 5) is 11.4. The average Bonchev–Trinajstić information content (AvgIpc) is 3.15. The maximum absolute atomic E-state index is 11.4. The van der Waals surface area contributed by atoms with E-state index >= 15 is 0 Å². The molecule has 0 aromatic rings. The number of hydrogen-bond donors (Lipinski definition) is 1. The predicted molar refractivity (Wildman–Crippen MR) is 77.3 cm³/mol. The van der Waals surface area contributed by atoms with Crippen LogP contribution in [0.2, 0.25) is 0 Å². The highest BCUT2D eigenvalue weighted by atomic mass is 16.1. The van der Waals surface area contributed by atoms with Gasteiger partial charge in [-0.1, -0.05) is 36.5 Å². The minimum absolute atomic E-state index is 0.220. The van der Waals surface area contributed by atoms with E-state index < -0.39 is 0 Å². The standard InChI is InChI=1S/C16H25NO/c1-2-3-4-5-6-7-8-9-10-11-12-16(18)17-15-13-14-15/h2-3,5-6,8-9,15H,4,7,10-14H2,1H3,(H,17,18)/b3-2-,6-5-,9-8-. The van der Waals surface area contributed by atoms with E-state index in [0.29, 0.717) is 12.5 Å². The van der Waals surface area contributed by atoms with Crippen LogP contribution < -0.4 is 5.32 Å². The minimum Gasteiger partial charge on any atom is -0.353 e. The van der Waals surface area contributed by atoms with Crippen molar-refractivity contribution in [1.29, 1.82) is 0 Å². The summed E-state index contributed by atoms with van der Waals surface area (Å²) >= 11 is 0. The number of carbonyl (C=O) groups excluding carboxylic acids is 1. The number of nitrogens with one attached hydrogen (secondary N) is 1. The van der Waals surface area contributed by atoms with Gasteiger partial charge in [-0.15, -0.1) is 0 Å². The summed E-state index contributed by atoms with van der Waals surface area (Å²) in [5.41, 5.74) is 0. The number of hydrogen-bond acceptors (Lipinski definition) is 1. The molecule has 0 saturated heterocycles. The third-order valence-corrected chi connectivity index (χ3v) is 2.83. The molecule has 2 nitrogen and oxygen atoms in total. The number of unbranched alkanes of at least 4 members (excludes halogenated alkanes) is 1. The first-order valence-corrected chi connectivity index (χ1v) is 7.03. The fourth-order valence-electron chi connectivity index (χ4n) is 1.61. The van der Waals surface area contributed by atoms with Crippen LogP contribution in [0.5, 0.6) is 0 Å². The molecule has 0 heterocycles. The Hall–Kier alpha value is -1.31. The lowest BCUT2D eigenvalue weighted by Crippen LogP contribution is -2.24. The summed E-state index contributed by atoms with van der Waals surface area (Å²) in [6.07, 6.45) is 19.9. The van der Waals surface area contributed by atoms with Crippen LogP contribution in [-0.2, 0) is 4.79 Å². The molecule has 0 aliphatic heterocycles. The first-order chi connectivity index (χ1) is 8.83. The highest BCUT2D eigenvalue weighted by Gasteiger charge is 2.22. The Kier molecular flexibility index (Phi) is 7.94. The Morgan fingerprint density at radius 2 is 1.78 bits per heavy atom. The van der Waals surface area contributed by atoms with E-state index in [0.717, 1.165) is 25.7 Å². The van der Waals surface area contributed by atoms with Crippen LogP contribution >= 0.6 is 0 Å². The van der Waals surface area contributed by atoms with Gasteiger partial charge in [-0.2, -0.15) is 0 Å². The molecule has 0 unspecified atom stereocenters. The third-order valence-electron chi connectivity index (χ3n) is 2.83. The summed E-state index contributed by atoms with van der Waals surface area (Å²) < 4.78 is 0. The van der Waals surface area contributed by atoms with Crippen LogP contribution in [0.1, 0.15) is 51.9 Å². The van der Waals surface area contributed by atoms with Gasteiger partial charge in [-0.3, -0.25) is 4.79 Å². The van der Waals surface area contributed by atoms with Gasteiger partial charge in [0, 0.05) is 12.5 Å². The molecule has 1 aliphatic rings. The van der Waals surface area contributed by atoms with Gasteiger partial charge >= 0.3 is 0 Å². The Morgan fingerprint density at radius 1 is 1.11 bits per heavy atom. The number of amides is 1. The van der Waals surface area contributed by atoms with E-state index in [-0.39, 0.29) is 5.91 Å². The van der Waals surface area contributed by atoms with E-state index in [4.69, 9.17) is 0 Å². The third kappa shape index (κ3) is 8.80. The molecule has 1 N–H and O–H groups in total. The molecule has 1 saturated carbocycles. The molecule has 0 aromatic carbocycles. The molecule has 0 bridgehead atoms. The Morgan fingerprint density at radius 3 is 2.44 bits per heavy atom. The highest BCUT2D eigenvalue weighted by molar-refractivity contribution is 5.76. The molecule has 1 fully saturated rings. The van der Waals surface area contributed by atoms with Gasteiger partial charge in [-0.05, 0) is 45.4 Å². The summed E-state index contributed by atoms with van der Waals surface area (Å²) in [5.74, 6) is 0.220.